The lowest BCUT2D eigenvalue weighted by Gasteiger charge is -2.10. The molecule has 1 heterocycles. The highest BCUT2D eigenvalue weighted by molar-refractivity contribution is 7.98. The van der Waals surface area contributed by atoms with Gasteiger partial charge < -0.3 is 0 Å². The summed E-state index contributed by atoms with van der Waals surface area (Å²) >= 11 is 1.76. The Hall–Kier alpha value is -2.06. The van der Waals surface area contributed by atoms with Crippen molar-refractivity contribution in [3.8, 4) is 22.4 Å². The molecule has 98 valence electrons. The molecule has 0 spiro atoms. The van der Waals surface area contributed by atoms with Gasteiger partial charge in [0.2, 0.25) is 0 Å². The first kappa shape index (κ1) is 12.9. The molecule has 3 aromatic rings. The molecular formula is C18H15NS. The molecule has 2 aromatic carbocycles. The molecule has 0 aliphatic rings. The van der Waals surface area contributed by atoms with Crippen molar-refractivity contribution < 1.29 is 0 Å². The second kappa shape index (κ2) is 5.93. The molecular weight excluding hydrogens is 262 g/mol. The quantitative estimate of drug-likeness (QED) is 0.615. The van der Waals surface area contributed by atoms with E-state index in [1.54, 1.807) is 11.8 Å². The van der Waals surface area contributed by atoms with Gasteiger partial charge in [-0.25, -0.2) is 0 Å². The van der Waals surface area contributed by atoms with Crippen LogP contribution in [-0.4, -0.2) is 11.2 Å². The number of hydrogen-bond acceptors (Lipinski definition) is 2. The fourth-order valence-corrected chi connectivity index (χ4v) is 2.87. The van der Waals surface area contributed by atoms with Crippen LogP contribution in [0.3, 0.4) is 0 Å². The van der Waals surface area contributed by atoms with Crippen LogP contribution in [-0.2, 0) is 0 Å². The van der Waals surface area contributed by atoms with Crippen molar-refractivity contribution in [2.45, 2.75) is 4.90 Å². The van der Waals surface area contributed by atoms with E-state index >= 15 is 0 Å². The molecule has 0 aliphatic carbocycles. The maximum absolute atomic E-state index is 4.45. The average Bonchev–Trinajstić information content (AvgIpc) is 2.56. The summed E-state index contributed by atoms with van der Waals surface area (Å²) < 4.78 is 0. The summed E-state index contributed by atoms with van der Waals surface area (Å²) in [6.07, 6.45) is 3.95. The van der Waals surface area contributed by atoms with E-state index in [2.05, 4.69) is 59.8 Å². The van der Waals surface area contributed by atoms with Gasteiger partial charge in [0, 0.05) is 16.7 Å². The number of hydrogen-bond donors (Lipinski definition) is 0. The number of aromatic nitrogens is 1. The van der Waals surface area contributed by atoms with Gasteiger partial charge in [0.25, 0.3) is 0 Å². The van der Waals surface area contributed by atoms with Crippen molar-refractivity contribution in [1.29, 1.82) is 0 Å². The predicted molar refractivity (Wildman–Crippen MR) is 86.9 cm³/mol. The Morgan fingerprint density at radius 1 is 0.800 bits per heavy atom. The van der Waals surface area contributed by atoms with Crippen LogP contribution in [0.25, 0.3) is 22.4 Å². The molecule has 0 fully saturated rings. The molecule has 1 aromatic heterocycles. The lowest BCUT2D eigenvalue weighted by Crippen LogP contribution is -1.87. The van der Waals surface area contributed by atoms with Crippen molar-refractivity contribution in [1.82, 2.24) is 4.98 Å². The van der Waals surface area contributed by atoms with Crippen LogP contribution in [0, 0.1) is 0 Å². The first-order valence-corrected chi connectivity index (χ1v) is 7.76. The van der Waals surface area contributed by atoms with E-state index in [1.165, 1.54) is 21.6 Å². The third-order valence-corrected chi connectivity index (χ3v) is 4.03. The molecule has 20 heavy (non-hydrogen) atoms. The Bertz CT molecular complexity index is 693. The summed E-state index contributed by atoms with van der Waals surface area (Å²) in [5.74, 6) is 0. The minimum Gasteiger partial charge on any atom is -0.256 e. The van der Waals surface area contributed by atoms with Gasteiger partial charge in [-0.15, -0.1) is 11.8 Å². The predicted octanol–water partition coefficient (Wildman–Crippen LogP) is 5.14. The summed E-state index contributed by atoms with van der Waals surface area (Å²) in [5, 5.41) is 0. The molecule has 0 saturated heterocycles. The standard InChI is InChI=1S/C18H15NS/c1-20-18-13-15(14-7-3-2-4-8-14)10-11-16(18)17-9-5-6-12-19-17/h2-13H,1H3. The molecule has 0 aliphatic heterocycles. The largest absolute Gasteiger partial charge is 0.256 e. The Balaban J connectivity index is 2.07. The lowest BCUT2D eigenvalue weighted by atomic mass is 10.0. The fraction of sp³-hybridized carbons (Fsp3) is 0.0556. The highest BCUT2D eigenvalue weighted by atomic mass is 32.2. The van der Waals surface area contributed by atoms with E-state index in [-0.39, 0.29) is 0 Å². The van der Waals surface area contributed by atoms with Gasteiger partial charge in [-0.05, 0) is 35.6 Å². The Labute approximate surface area is 123 Å². The van der Waals surface area contributed by atoms with Crippen molar-refractivity contribution in [2.24, 2.45) is 0 Å². The van der Waals surface area contributed by atoms with Crippen LogP contribution >= 0.6 is 11.8 Å². The van der Waals surface area contributed by atoms with Crippen molar-refractivity contribution in [3.63, 3.8) is 0 Å². The summed E-state index contributed by atoms with van der Waals surface area (Å²) in [7, 11) is 0. The normalized spacial score (nSPS) is 10.4. The second-order valence-electron chi connectivity index (χ2n) is 4.50. The van der Waals surface area contributed by atoms with E-state index in [0.717, 1.165) is 5.69 Å². The van der Waals surface area contributed by atoms with E-state index in [4.69, 9.17) is 0 Å². The highest BCUT2D eigenvalue weighted by Crippen LogP contribution is 2.33. The highest BCUT2D eigenvalue weighted by Gasteiger charge is 2.07. The molecule has 0 N–H and O–H groups in total. The smallest absolute Gasteiger partial charge is 0.0713 e. The maximum Gasteiger partial charge on any atom is 0.0713 e. The van der Waals surface area contributed by atoms with Crippen LogP contribution < -0.4 is 0 Å². The van der Waals surface area contributed by atoms with E-state index in [1.807, 2.05) is 24.4 Å². The number of thioether (sulfide) groups is 1. The monoisotopic (exact) mass is 277 g/mol. The molecule has 0 amide bonds. The van der Waals surface area contributed by atoms with E-state index in [9.17, 15) is 0 Å². The summed E-state index contributed by atoms with van der Waals surface area (Å²) in [4.78, 5) is 5.70. The van der Waals surface area contributed by atoms with Gasteiger partial charge in [-0.1, -0.05) is 48.5 Å². The van der Waals surface area contributed by atoms with Gasteiger partial charge in [0.1, 0.15) is 0 Å². The zero-order chi connectivity index (χ0) is 13.8. The van der Waals surface area contributed by atoms with E-state index < -0.39 is 0 Å². The van der Waals surface area contributed by atoms with Crippen molar-refractivity contribution >= 4 is 11.8 Å². The fourth-order valence-electron chi connectivity index (χ4n) is 2.24. The van der Waals surface area contributed by atoms with Gasteiger partial charge in [-0.3, -0.25) is 4.98 Å². The zero-order valence-corrected chi connectivity index (χ0v) is 12.1. The summed E-state index contributed by atoms with van der Waals surface area (Å²) in [6.45, 7) is 0. The number of nitrogens with zero attached hydrogens (tertiary/aromatic N) is 1. The molecule has 1 nitrogen and oxygen atoms in total. The Morgan fingerprint density at radius 2 is 1.60 bits per heavy atom. The molecule has 0 unspecified atom stereocenters. The molecule has 2 heteroatoms. The minimum absolute atomic E-state index is 1.02. The van der Waals surface area contributed by atoms with Crippen LogP contribution in [0.15, 0.2) is 77.8 Å². The third kappa shape index (κ3) is 2.61. The SMILES string of the molecule is CSc1cc(-c2ccccc2)ccc1-c1ccccn1. The topological polar surface area (TPSA) is 12.9 Å². The van der Waals surface area contributed by atoms with Gasteiger partial charge in [0.05, 0.1) is 5.69 Å². The Kier molecular flexibility index (Phi) is 3.84. The van der Waals surface area contributed by atoms with Gasteiger partial charge in [0.15, 0.2) is 0 Å². The summed E-state index contributed by atoms with van der Waals surface area (Å²) in [5.41, 5.74) is 4.71. The van der Waals surface area contributed by atoms with Gasteiger partial charge >= 0.3 is 0 Å². The molecule has 0 saturated carbocycles. The van der Waals surface area contributed by atoms with Crippen LogP contribution in [0.1, 0.15) is 0 Å². The van der Waals surface area contributed by atoms with Gasteiger partial charge in [-0.2, -0.15) is 0 Å². The number of benzene rings is 2. The van der Waals surface area contributed by atoms with Crippen LogP contribution in [0.4, 0.5) is 0 Å². The second-order valence-corrected chi connectivity index (χ2v) is 5.34. The maximum atomic E-state index is 4.45. The van der Waals surface area contributed by atoms with Crippen LogP contribution in [0.2, 0.25) is 0 Å². The first-order chi connectivity index (χ1) is 9.88. The Morgan fingerprint density at radius 3 is 2.30 bits per heavy atom. The lowest BCUT2D eigenvalue weighted by molar-refractivity contribution is 1.29. The molecule has 3 rings (SSSR count). The zero-order valence-electron chi connectivity index (χ0n) is 11.3. The van der Waals surface area contributed by atoms with E-state index in [0.29, 0.717) is 0 Å². The number of rotatable bonds is 3. The number of pyridine rings is 1. The first-order valence-electron chi connectivity index (χ1n) is 6.53. The van der Waals surface area contributed by atoms with Crippen molar-refractivity contribution in [2.75, 3.05) is 6.26 Å². The molecule has 0 radical (unpaired) electrons. The third-order valence-electron chi connectivity index (χ3n) is 3.25. The molecule has 0 atom stereocenters. The molecule has 0 bridgehead atoms. The van der Waals surface area contributed by atoms with Crippen molar-refractivity contribution in [3.05, 3.63) is 72.9 Å². The average molecular weight is 277 g/mol. The summed E-state index contributed by atoms with van der Waals surface area (Å²) in [6, 6.07) is 23.1. The van der Waals surface area contributed by atoms with Crippen LogP contribution in [0.5, 0.6) is 0 Å². The minimum atomic E-state index is 1.02.